The lowest BCUT2D eigenvalue weighted by molar-refractivity contribution is -0.113. The van der Waals surface area contributed by atoms with Gasteiger partial charge >= 0.3 is 0 Å². The van der Waals surface area contributed by atoms with E-state index in [1.165, 1.54) is 12.3 Å². The largest absolute Gasteiger partial charge is 0.446 e. The SMILES string of the molecule is NC1=c2ccoc2=NCN1c1ccc(NC(=O)CS(=O)(=O)c2cc(Cl)sc2Cl)cc1. The van der Waals surface area contributed by atoms with E-state index in [4.69, 9.17) is 33.4 Å². The lowest BCUT2D eigenvalue weighted by atomic mass is 10.2. The van der Waals surface area contributed by atoms with Crippen molar-refractivity contribution >= 4 is 67.5 Å². The number of carbonyl (C=O) groups excluding carboxylic acids is 1. The first-order chi connectivity index (χ1) is 14.2. The van der Waals surface area contributed by atoms with E-state index in [2.05, 4.69) is 10.3 Å². The maximum atomic E-state index is 12.4. The summed E-state index contributed by atoms with van der Waals surface area (Å²) in [6.07, 6.45) is 1.52. The van der Waals surface area contributed by atoms with Gasteiger partial charge < -0.3 is 20.4 Å². The first-order valence-electron chi connectivity index (χ1n) is 8.47. The number of sulfone groups is 1. The highest BCUT2D eigenvalue weighted by molar-refractivity contribution is 7.92. The van der Waals surface area contributed by atoms with Crippen LogP contribution in [0.5, 0.6) is 0 Å². The number of carbonyl (C=O) groups is 1. The fourth-order valence-corrected chi connectivity index (χ4v) is 6.29. The zero-order valence-electron chi connectivity index (χ0n) is 15.1. The van der Waals surface area contributed by atoms with E-state index >= 15 is 0 Å². The van der Waals surface area contributed by atoms with Crippen LogP contribution in [0.2, 0.25) is 8.67 Å². The summed E-state index contributed by atoms with van der Waals surface area (Å²) in [4.78, 5) is 18.2. The first kappa shape index (κ1) is 20.7. The van der Waals surface area contributed by atoms with Gasteiger partial charge in [-0.3, -0.25) is 4.79 Å². The third-order valence-electron chi connectivity index (χ3n) is 4.31. The van der Waals surface area contributed by atoms with Gasteiger partial charge in [0, 0.05) is 11.4 Å². The highest BCUT2D eigenvalue weighted by Crippen LogP contribution is 2.34. The Hall–Kier alpha value is -2.53. The van der Waals surface area contributed by atoms with Crippen molar-refractivity contribution in [2.75, 3.05) is 22.6 Å². The van der Waals surface area contributed by atoms with Crippen molar-refractivity contribution < 1.29 is 17.6 Å². The first-order valence-corrected chi connectivity index (χ1v) is 11.7. The van der Waals surface area contributed by atoms with Crippen LogP contribution in [-0.4, -0.2) is 26.7 Å². The summed E-state index contributed by atoms with van der Waals surface area (Å²) in [5, 5.41) is 3.27. The predicted octanol–water partition coefficient (Wildman–Crippen LogP) is 2.18. The highest BCUT2D eigenvalue weighted by atomic mass is 35.5. The Kier molecular flexibility index (Phi) is 5.49. The second kappa shape index (κ2) is 7.95. The summed E-state index contributed by atoms with van der Waals surface area (Å²) in [7, 11) is -3.91. The van der Waals surface area contributed by atoms with Crippen molar-refractivity contribution in [3.8, 4) is 0 Å². The summed E-state index contributed by atoms with van der Waals surface area (Å²) in [6, 6.07) is 9.75. The second-order valence-corrected chi connectivity index (χ2v) is 10.5. The Morgan fingerprint density at radius 2 is 2.00 bits per heavy atom. The summed E-state index contributed by atoms with van der Waals surface area (Å²) in [5.41, 5.74) is 7.87. The van der Waals surface area contributed by atoms with Gasteiger partial charge in [-0.15, -0.1) is 11.3 Å². The molecule has 4 rings (SSSR count). The number of benzene rings is 1. The minimum absolute atomic E-state index is 0.0266. The van der Waals surface area contributed by atoms with E-state index in [1.807, 2.05) is 0 Å². The molecule has 0 aliphatic carbocycles. The summed E-state index contributed by atoms with van der Waals surface area (Å²) < 4.78 is 30.3. The van der Waals surface area contributed by atoms with Gasteiger partial charge in [-0.05, 0) is 36.4 Å². The molecule has 156 valence electrons. The Balaban J connectivity index is 1.46. The van der Waals surface area contributed by atoms with Crippen molar-refractivity contribution in [2.24, 2.45) is 10.7 Å². The highest BCUT2D eigenvalue weighted by Gasteiger charge is 2.24. The van der Waals surface area contributed by atoms with Gasteiger partial charge in [-0.1, -0.05) is 23.2 Å². The lowest BCUT2D eigenvalue weighted by Crippen LogP contribution is -2.42. The smallest absolute Gasteiger partial charge is 0.239 e. The molecule has 0 atom stereocenters. The topological polar surface area (TPSA) is 118 Å². The van der Waals surface area contributed by atoms with Gasteiger partial charge in [0.1, 0.15) is 22.6 Å². The van der Waals surface area contributed by atoms with Crippen LogP contribution in [0.25, 0.3) is 5.82 Å². The molecular formula is C18H14Cl2N4O4S2. The molecule has 0 spiro atoms. The van der Waals surface area contributed by atoms with Crippen molar-refractivity contribution in [2.45, 2.75) is 4.90 Å². The Labute approximate surface area is 185 Å². The van der Waals surface area contributed by atoms with Crippen LogP contribution in [-0.2, 0) is 14.6 Å². The molecule has 0 bridgehead atoms. The van der Waals surface area contributed by atoms with Crippen molar-refractivity contribution in [1.29, 1.82) is 0 Å². The molecule has 0 saturated carbocycles. The predicted molar refractivity (Wildman–Crippen MR) is 116 cm³/mol. The molecule has 0 radical (unpaired) electrons. The Morgan fingerprint density at radius 1 is 1.27 bits per heavy atom. The standard InChI is InChI=1S/C18H14Cl2N4O4S2/c19-14-7-13(16(20)29-14)30(26,27)8-15(25)23-10-1-3-11(4-2-10)24-9-22-18-12(17(24)21)5-6-28-18/h1-7H,8-9,21H2,(H,23,25). The summed E-state index contributed by atoms with van der Waals surface area (Å²) in [6.45, 7) is 0.292. The monoisotopic (exact) mass is 484 g/mol. The molecular weight excluding hydrogens is 471 g/mol. The maximum Gasteiger partial charge on any atom is 0.239 e. The molecule has 0 saturated heterocycles. The van der Waals surface area contributed by atoms with Gasteiger partial charge in [0.25, 0.3) is 0 Å². The molecule has 1 aliphatic heterocycles. The van der Waals surface area contributed by atoms with Crippen LogP contribution in [0.4, 0.5) is 11.4 Å². The van der Waals surface area contributed by atoms with Crippen LogP contribution in [0.1, 0.15) is 0 Å². The average Bonchev–Trinajstić information content (AvgIpc) is 3.29. The van der Waals surface area contributed by atoms with Crippen LogP contribution in [0.15, 0.2) is 57.0 Å². The van der Waals surface area contributed by atoms with E-state index < -0.39 is 21.5 Å². The molecule has 30 heavy (non-hydrogen) atoms. The number of nitrogens with zero attached hydrogens (tertiary/aromatic N) is 2. The molecule has 1 aromatic carbocycles. The number of anilines is 2. The van der Waals surface area contributed by atoms with Crippen molar-refractivity contribution in [1.82, 2.24) is 0 Å². The Morgan fingerprint density at radius 3 is 2.67 bits per heavy atom. The number of amides is 1. The minimum Gasteiger partial charge on any atom is -0.446 e. The quantitative estimate of drug-likeness (QED) is 0.572. The number of hydrogen-bond donors (Lipinski definition) is 2. The lowest BCUT2D eigenvalue weighted by Gasteiger charge is -2.24. The number of hydrogen-bond acceptors (Lipinski definition) is 8. The van der Waals surface area contributed by atoms with Crippen molar-refractivity contribution in [3.63, 3.8) is 0 Å². The molecule has 0 unspecified atom stereocenters. The number of thiophene rings is 1. The number of rotatable bonds is 5. The molecule has 1 amide bonds. The number of nitrogens with one attached hydrogen (secondary N) is 1. The normalized spacial score (nSPS) is 13.7. The second-order valence-electron chi connectivity index (χ2n) is 6.29. The molecule has 3 aromatic rings. The van der Waals surface area contributed by atoms with E-state index in [0.29, 0.717) is 28.9 Å². The van der Waals surface area contributed by atoms with E-state index in [9.17, 15) is 13.2 Å². The number of fused-ring (bicyclic) bond motifs is 1. The summed E-state index contributed by atoms with van der Waals surface area (Å²) >= 11 is 12.6. The fourth-order valence-electron chi connectivity index (χ4n) is 2.91. The fraction of sp³-hybridized carbons (Fsp3) is 0.111. The van der Waals surface area contributed by atoms with Gasteiger partial charge in [0.05, 0.1) is 20.7 Å². The molecule has 1 aliphatic rings. The molecule has 3 heterocycles. The van der Waals surface area contributed by atoms with Crippen LogP contribution in [0.3, 0.4) is 0 Å². The third kappa shape index (κ3) is 4.04. The molecule has 8 nitrogen and oxygen atoms in total. The molecule has 12 heteroatoms. The average molecular weight is 485 g/mol. The van der Waals surface area contributed by atoms with E-state index in [-0.39, 0.29) is 13.6 Å². The molecule has 2 aromatic heterocycles. The van der Waals surface area contributed by atoms with Crippen molar-refractivity contribution in [3.05, 3.63) is 62.1 Å². The molecule has 0 fully saturated rings. The van der Waals surface area contributed by atoms with Crippen LogP contribution in [0, 0.1) is 0 Å². The minimum atomic E-state index is -3.91. The summed E-state index contributed by atoms with van der Waals surface area (Å²) in [5.74, 6) is -0.942. The van der Waals surface area contributed by atoms with Gasteiger partial charge in [-0.25, -0.2) is 13.4 Å². The number of nitrogens with two attached hydrogens (primary N) is 1. The van der Waals surface area contributed by atoms with E-state index in [0.717, 1.165) is 17.0 Å². The third-order valence-corrected chi connectivity index (χ3v) is 7.67. The zero-order valence-corrected chi connectivity index (χ0v) is 18.3. The Bertz CT molecular complexity index is 1350. The van der Waals surface area contributed by atoms with Crippen LogP contribution < -0.4 is 26.7 Å². The zero-order chi connectivity index (χ0) is 21.5. The maximum absolute atomic E-state index is 12.4. The van der Waals surface area contributed by atoms with Gasteiger partial charge in [-0.2, -0.15) is 0 Å². The molecule has 3 N–H and O–H groups in total. The van der Waals surface area contributed by atoms with Crippen LogP contribution >= 0.6 is 34.5 Å². The van der Waals surface area contributed by atoms with Gasteiger partial charge in [0.15, 0.2) is 9.84 Å². The number of halogens is 2. The van der Waals surface area contributed by atoms with Gasteiger partial charge in [0.2, 0.25) is 11.5 Å². The number of furan rings is 1. The van der Waals surface area contributed by atoms with E-state index in [1.54, 1.807) is 35.2 Å².